The van der Waals surface area contributed by atoms with Crippen molar-refractivity contribution >= 4 is 46.2 Å². The van der Waals surface area contributed by atoms with Crippen molar-refractivity contribution in [1.29, 1.82) is 0 Å². The fraction of sp³-hybridized carbons (Fsp3) is 0.385. The lowest BCUT2D eigenvalue weighted by Gasteiger charge is -2.28. The van der Waals surface area contributed by atoms with E-state index in [-0.39, 0.29) is 10.8 Å². The number of thiazole rings is 1. The smallest absolute Gasteiger partial charge is 0.310 e. The standard InChI is InChI=1S/C26H28ClN7O3S/c27-20-14-21-19(13-18(20)17-1-2-24(29-16-17)33-5-3-28-4-6-33)22(31-30-21)15-23-25(35)34(26(36)38-23)8-7-32-9-11-37-12-10-32/h1-2,13-16,28,35H,3-12H2/b22-15-. The Labute approximate surface area is 228 Å². The topological polar surface area (TPSA) is 108 Å². The molecule has 2 aromatic heterocycles. The van der Waals surface area contributed by atoms with Crippen LogP contribution in [0, 0.1) is 0 Å². The minimum absolute atomic E-state index is 0.0497. The van der Waals surface area contributed by atoms with Gasteiger partial charge in [0.25, 0.3) is 0 Å². The van der Waals surface area contributed by atoms with Crippen molar-refractivity contribution < 1.29 is 9.84 Å². The first kappa shape index (κ1) is 25.2. The van der Waals surface area contributed by atoms with Crippen LogP contribution in [-0.2, 0) is 11.3 Å². The van der Waals surface area contributed by atoms with Crippen molar-refractivity contribution in [1.82, 2.24) is 19.8 Å². The van der Waals surface area contributed by atoms with Crippen LogP contribution in [0.5, 0.6) is 5.88 Å². The number of fused-ring (bicyclic) bond motifs is 1. The van der Waals surface area contributed by atoms with Gasteiger partial charge >= 0.3 is 4.87 Å². The summed E-state index contributed by atoms with van der Waals surface area (Å²) in [5.41, 5.74) is 3.72. The minimum atomic E-state index is -0.204. The maximum atomic E-state index is 12.6. The second-order valence-corrected chi connectivity index (χ2v) is 10.8. The lowest BCUT2D eigenvalue weighted by Crippen LogP contribution is -2.43. The Bertz CT molecular complexity index is 1440. The number of halogens is 1. The van der Waals surface area contributed by atoms with E-state index < -0.39 is 0 Å². The largest absolute Gasteiger partial charge is 0.493 e. The highest BCUT2D eigenvalue weighted by Gasteiger charge is 2.21. The van der Waals surface area contributed by atoms with Crippen molar-refractivity contribution in [2.24, 2.45) is 10.2 Å². The molecule has 1 aromatic carbocycles. The molecule has 38 heavy (non-hydrogen) atoms. The number of nitrogens with zero attached hydrogens (tertiary/aromatic N) is 6. The number of aromatic hydroxyl groups is 1. The highest BCUT2D eigenvalue weighted by molar-refractivity contribution is 7.10. The number of benzene rings is 1. The lowest BCUT2D eigenvalue weighted by molar-refractivity contribution is 0.0361. The van der Waals surface area contributed by atoms with E-state index in [0.29, 0.717) is 47.6 Å². The Balaban J connectivity index is 1.24. The summed E-state index contributed by atoms with van der Waals surface area (Å²) in [4.78, 5) is 22.1. The molecule has 5 heterocycles. The Morgan fingerprint density at radius 3 is 2.66 bits per heavy atom. The van der Waals surface area contributed by atoms with Crippen molar-refractivity contribution in [2.75, 3.05) is 63.9 Å². The molecule has 0 aliphatic carbocycles. The average molecular weight is 554 g/mol. The molecular formula is C26H28ClN7O3S. The van der Waals surface area contributed by atoms with Crippen LogP contribution in [0.2, 0.25) is 5.02 Å². The number of hydrogen-bond acceptors (Lipinski definition) is 10. The molecule has 3 aromatic rings. The molecule has 0 radical (unpaired) electrons. The van der Waals surface area contributed by atoms with E-state index >= 15 is 0 Å². The van der Waals surface area contributed by atoms with Crippen molar-refractivity contribution in [3.63, 3.8) is 0 Å². The van der Waals surface area contributed by atoms with E-state index in [1.807, 2.05) is 24.4 Å². The predicted molar refractivity (Wildman–Crippen MR) is 150 cm³/mol. The van der Waals surface area contributed by atoms with Crippen LogP contribution in [0.1, 0.15) is 10.4 Å². The van der Waals surface area contributed by atoms with Gasteiger partial charge in [0.15, 0.2) is 0 Å². The second kappa shape index (κ2) is 11.0. The summed E-state index contributed by atoms with van der Waals surface area (Å²) < 4.78 is 6.80. The highest BCUT2D eigenvalue weighted by atomic mass is 35.5. The molecule has 0 atom stereocenters. The number of ether oxygens (including phenoxy) is 1. The normalized spacial score (nSPS) is 18.9. The molecule has 0 spiro atoms. The molecular weight excluding hydrogens is 526 g/mol. The number of piperazine rings is 1. The Morgan fingerprint density at radius 1 is 1.08 bits per heavy atom. The Kier molecular flexibility index (Phi) is 7.26. The number of rotatable bonds is 6. The van der Waals surface area contributed by atoms with Gasteiger partial charge in [0.1, 0.15) is 5.82 Å². The number of aromatic nitrogens is 2. The first-order chi connectivity index (χ1) is 18.6. The number of nitrogens with one attached hydrogen (secondary N) is 1. The molecule has 0 unspecified atom stereocenters. The summed E-state index contributed by atoms with van der Waals surface area (Å²) in [7, 11) is 0. The molecule has 0 amide bonds. The van der Waals surface area contributed by atoms with Gasteiger partial charge in [-0.05, 0) is 30.3 Å². The zero-order valence-corrected chi connectivity index (χ0v) is 22.3. The van der Waals surface area contributed by atoms with Crippen LogP contribution in [0.15, 0.2) is 45.5 Å². The number of hydrogen-bond donors (Lipinski definition) is 2. The first-order valence-electron chi connectivity index (χ1n) is 12.7. The molecule has 2 N–H and O–H groups in total. The molecule has 12 heteroatoms. The quantitative estimate of drug-likeness (QED) is 0.479. The molecule has 2 fully saturated rings. The minimum Gasteiger partial charge on any atom is -0.493 e. The molecule has 3 aliphatic rings. The second-order valence-electron chi connectivity index (χ2n) is 9.38. The Hall–Kier alpha value is -3.09. The van der Waals surface area contributed by atoms with Gasteiger partial charge in [-0.25, -0.2) is 4.98 Å². The van der Waals surface area contributed by atoms with E-state index in [9.17, 15) is 9.90 Å². The predicted octanol–water partition coefficient (Wildman–Crippen LogP) is 3.67. The third-order valence-corrected chi connectivity index (χ3v) is 8.26. The Morgan fingerprint density at radius 2 is 1.89 bits per heavy atom. The molecule has 198 valence electrons. The van der Waals surface area contributed by atoms with E-state index in [1.165, 1.54) is 4.57 Å². The maximum Gasteiger partial charge on any atom is 0.310 e. The van der Waals surface area contributed by atoms with E-state index in [2.05, 4.69) is 30.3 Å². The molecule has 0 saturated carbocycles. The van der Waals surface area contributed by atoms with Gasteiger partial charge in [0, 0.05) is 75.2 Å². The summed E-state index contributed by atoms with van der Waals surface area (Å²) >= 11 is 7.62. The van der Waals surface area contributed by atoms with Gasteiger partial charge in [-0.1, -0.05) is 22.9 Å². The van der Waals surface area contributed by atoms with Crippen molar-refractivity contribution in [3.8, 4) is 17.0 Å². The zero-order chi connectivity index (χ0) is 26.1. The monoisotopic (exact) mass is 553 g/mol. The fourth-order valence-corrected chi connectivity index (χ4v) is 5.98. The van der Waals surface area contributed by atoms with Crippen LogP contribution in [0.25, 0.3) is 22.9 Å². The van der Waals surface area contributed by atoms with Gasteiger partial charge in [-0.2, -0.15) is 0 Å². The SMILES string of the molecule is O=c1sc(/C=C2\N=Nc3cc(Cl)c(-c4ccc(N5CCNCC5)nc4)cc32)c(O)n1CCN1CCOCC1. The third-order valence-electron chi connectivity index (χ3n) is 7.03. The van der Waals surface area contributed by atoms with Gasteiger partial charge < -0.3 is 20.1 Å². The molecule has 2 saturated heterocycles. The zero-order valence-electron chi connectivity index (χ0n) is 20.8. The maximum absolute atomic E-state index is 12.6. The van der Waals surface area contributed by atoms with Gasteiger partial charge in [-0.3, -0.25) is 14.3 Å². The summed E-state index contributed by atoms with van der Waals surface area (Å²) in [5.74, 6) is 0.896. The van der Waals surface area contributed by atoms with Crippen LogP contribution >= 0.6 is 22.9 Å². The van der Waals surface area contributed by atoms with E-state index in [1.54, 1.807) is 12.1 Å². The van der Waals surface area contributed by atoms with Gasteiger partial charge in [0.2, 0.25) is 5.88 Å². The van der Waals surface area contributed by atoms with Gasteiger partial charge in [-0.15, -0.1) is 10.2 Å². The number of morpholine rings is 1. The molecule has 6 rings (SSSR count). The van der Waals surface area contributed by atoms with Crippen molar-refractivity contribution in [2.45, 2.75) is 6.54 Å². The highest BCUT2D eigenvalue weighted by Crippen LogP contribution is 2.43. The van der Waals surface area contributed by atoms with Gasteiger partial charge in [0.05, 0.1) is 34.5 Å². The summed E-state index contributed by atoms with van der Waals surface area (Å²) in [6.45, 7) is 7.87. The average Bonchev–Trinajstić information content (AvgIpc) is 3.46. The third kappa shape index (κ3) is 5.12. The number of pyridine rings is 1. The first-order valence-corrected chi connectivity index (χ1v) is 13.9. The van der Waals surface area contributed by atoms with E-state index in [0.717, 1.165) is 73.1 Å². The van der Waals surface area contributed by atoms with E-state index in [4.69, 9.17) is 16.3 Å². The number of anilines is 1. The van der Waals surface area contributed by atoms with Crippen LogP contribution in [-0.4, -0.2) is 78.6 Å². The summed E-state index contributed by atoms with van der Waals surface area (Å²) in [6, 6.07) is 7.78. The van der Waals surface area contributed by atoms with Crippen molar-refractivity contribution in [3.05, 3.63) is 55.6 Å². The van der Waals surface area contributed by atoms with Crippen LogP contribution in [0.4, 0.5) is 11.5 Å². The molecule has 3 aliphatic heterocycles. The van der Waals surface area contributed by atoms with Crippen LogP contribution in [0.3, 0.4) is 0 Å². The number of azo groups is 1. The van der Waals surface area contributed by atoms with Crippen LogP contribution < -0.4 is 15.1 Å². The summed E-state index contributed by atoms with van der Waals surface area (Å²) in [5, 5.41) is 23.3. The molecule has 0 bridgehead atoms. The summed E-state index contributed by atoms with van der Waals surface area (Å²) in [6.07, 6.45) is 3.55. The molecule has 10 nitrogen and oxygen atoms in total. The lowest BCUT2D eigenvalue weighted by atomic mass is 10.0. The fourth-order valence-electron chi connectivity index (χ4n) is 4.86.